The minimum Gasteiger partial charge on any atom is -0.378 e. The van der Waals surface area contributed by atoms with Gasteiger partial charge in [0.1, 0.15) is 0 Å². The number of aliphatic hydroxyl groups is 1. The third-order valence-corrected chi connectivity index (χ3v) is 3.64. The summed E-state index contributed by atoms with van der Waals surface area (Å²) in [6, 6.07) is 21.9. The Labute approximate surface area is 145 Å². The van der Waals surface area contributed by atoms with E-state index in [1.807, 2.05) is 48.5 Å². The van der Waals surface area contributed by atoms with Crippen molar-refractivity contribution in [2.75, 3.05) is 0 Å². The molecular formula is C20H17N3O2. The maximum Gasteiger partial charge on any atom is 0.273 e. The molecule has 0 saturated heterocycles. The summed E-state index contributed by atoms with van der Waals surface area (Å²) in [4.78, 5) is 16.2. The van der Waals surface area contributed by atoms with E-state index in [0.29, 0.717) is 11.3 Å². The summed E-state index contributed by atoms with van der Waals surface area (Å²) in [5, 5.41) is 14.4. The van der Waals surface area contributed by atoms with E-state index < -0.39 is 12.0 Å². The third kappa shape index (κ3) is 4.16. The fourth-order valence-corrected chi connectivity index (χ4v) is 2.36. The molecular weight excluding hydrogens is 314 g/mol. The normalized spacial score (nSPS) is 12.4. The minimum atomic E-state index is -1.28. The van der Waals surface area contributed by atoms with E-state index in [2.05, 4.69) is 15.5 Å². The van der Waals surface area contributed by atoms with Crippen molar-refractivity contribution in [3.63, 3.8) is 0 Å². The Bertz CT molecular complexity index is 808. The van der Waals surface area contributed by atoms with E-state index >= 15 is 0 Å². The average Bonchev–Trinajstić information content (AvgIpc) is 2.70. The van der Waals surface area contributed by atoms with Crippen LogP contribution in [0.15, 0.2) is 90.3 Å². The van der Waals surface area contributed by atoms with Crippen LogP contribution < -0.4 is 5.43 Å². The summed E-state index contributed by atoms with van der Waals surface area (Å²) >= 11 is 0. The van der Waals surface area contributed by atoms with Crippen molar-refractivity contribution in [3.05, 3.63) is 102 Å². The van der Waals surface area contributed by atoms with E-state index in [4.69, 9.17) is 0 Å². The molecule has 2 N–H and O–H groups in total. The van der Waals surface area contributed by atoms with Crippen LogP contribution in [0.3, 0.4) is 0 Å². The lowest BCUT2D eigenvalue weighted by atomic mass is 10.0. The van der Waals surface area contributed by atoms with Crippen molar-refractivity contribution in [2.24, 2.45) is 5.10 Å². The molecule has 1 unspecified atom stereocenters. The highest BCUT2D eigenvalue weighted by Gasteiger charge is 2.17. The number of hydrazone groups is 1. The molecule has 0 aliphatic rings. The number of amides is 1. The van der Waals surface area contributed by atoms with E-state index in [1.54, 1.807) is 36.7 Å². The van der Waals surface area contributed by atoms with E-state index in [1.165, 1.54) is 0 Å². The highest BCUT2D eigenvalue weighted by Crippen LogP contribution is 2.13. The van der Waals surface area contributed by atoms with Gasteiger partial charge < -0.3 is 5.11 Å². The molecule has 3 rings (SSSR count). The molecule has 0 aliphatic carbocycles. The Morgan fingerprint density at radius 2 is 1.44 bits per heavy atom. The maximum absolute atomic E-state index is 12.2. The molecule has 1 amide bonds. The van der Waals surface area contributed by atoms with Gasteiger partial charge in [-0.05, 0) is 17.7 Å². The monoisotopic (exact) mass is 331 g/mol. The van der Waals surface area contributed by atoms with Crippen LogP contribution in [0.1, 0.15) is 22.8 Å². The first-order valence-electron chi connectivity index (χ1n) is 7.82. The molecule has 0 aliphatic heterocycles. The van der Waals surface area contributed by atoms with Crippen LogP contribution in [0.5, 0.6) is 0 Å². The van der Waals surface area contributed by atoms with E-state index in [9.17, 15) is 9.90 Å². The van der Waals surface area contributed by atoms with Gasteiger partial charge in [0.15, 0.2) is 6.10 Å². The number of carbonyl (C=O) groups excluding carboxylic acids is 1. The van der Waals surface area contributed by atoms with Gasteiger partial charge in [0.05, 0.1) is 5.71 Å². The van der Waals surface area contributed by atoms with Crippen molar-refractivity contribution in [1.82, 2.24) is 10.4 Å². The average molecular weight is 331 g/mol. The summed E-state index contributed by atoms with van der Waals surface area (Å²) in [7, 11) is 0. The maximum atomic E-state index is 12.2. The molecule has 124 valence electrons. The van der Waals surface area contributed by atoms with Gasteiger partial charge in [-0.15, -0.1) is 0 Å². The second-order valence-corrected chi connectivity index (χ2v) is 5.35. The molecule has 3 aromatic rings. The highest BCUT2D eigenvalue weighted by molar-refractivity contribution is 6.13. The number of rotatable bonds is 5. The summed E-state index contributed by atoms with van der Waals surface area (Å²) in [5.41, 5.74) is 5.23. The molecule has 1 atom stereocenters. The quantitative estimate of drug-likeness (QED) is 0.557. The molecule has 5 heteroatoms. The Morgan fingerprint density at radius 3 is 2.08 bits per heavy atom. The SMILES string of the molecule is O=C(N/N=C(\c1ccccc1)c1ccncc1)C(O)c1ccccc1. The first-order chi connectivity index (χ1) is 12.3. The predicted octanol–water partition coefficient (Wildman–Crippen LogP) is 2.68. The molecule has 0 spiro atoms. The van der Waals surface area contributed by atoms with E-state index in [0.717, 1.165) is 11.1 Å². The lowest BCUT2D eigenvalue weighted by Crippen LogP contribution is -2.26. The fraction of sp³-hybridized carbons (Fsp3) is 0.0500. The number of nitrogens with zero attached hydrogens (tertiary/aromatic N) is 2. The lowest BCUT2D eigenvalue weighted by molar-refractivity contribution is -0.129. The van der Waals surface area contributed by atoms with Gasteiger partial charge in [-0.25, -0.2) is 5.43 Å². The zero-order chi connectivity index (χ0) is 17.5. The first kappa shape index (κ1) is 16.5. The topological polar surface area (TPSA) is 74.6 Å². The fourth-order valence-electron chi connectivity index (χ4n) is 2.36. The van der Waals surface area contributed by atoms with Crippen LogP contribution >= 0.6 is 0 Å². The number of hydrogen-bond acceptors (Lipinski definition) is 4. The molecule has 25 heavy (non-hydrogen) atoms. The van der Waals surface area contributed by atoms with Crippen molar-refractivity contribution in [3.8, 4) is 0 Å². The second-order valence-electron chi connectivity index (χ2n) is 5.35. The van der Waals surface area contributed by atoms with Crippen LogP contribution in [0.2, 0.25) is 0 Å². The predicted molar refractivity (Wildman–Crippen MR) is 95.9 cm³/mol. The molecule has 1 aromatic heterocycles. The van der Waals surface area contributed by atoms with Crippen LogP contribution in [0.25, 0.3) is 0 Å². The summed E-state index contributed by atoms with van der Waals surface area (Å²) in [6.45, 7) is 0. The number of nitrogens with one attached hydrogen (secondary N) is 1. The van der Waals surface area contributed by atoms with Crippen molar-refractivity contribution >= 4 is 11.6 Å². The largest absolute Gasteiger partial charge is 0.378 e. The Balaban J connectivity index is 1.85. The number of hydrogen-bond donors (Lipinski definition) is 2. The Kier molecular flexibility index (Phi) is 5.29. The lowest BCUT2D eigenvalue weighted by Gasteiger charge is -2.11. The molecule has 0 fully saturated rings. The Hall–Kier alpha value is -3.31. The van der Waals surface area contributed by atoms with Gasteiger partial charge in [-0.3, -0.25) is 9.78 Å². The van der Waals surface area contributed by atoms with Gasteiger partial charge in [-0.2, -0.15) is 5.10 Å². The molecule has 0 bridgehead atoms. The number of pyridine rings is 1. The van der Waals surface area contributed by atoms with Crippen molar-refractivity contribution < 1.29 is 9.90 Å². The van der Waals surface area contributed by atoms with Crippen LogP contribution in [0, 0.1) is 0 Å². The molecule has 2 aromatic carbocycles. The van der Waals surface area contributed by atoms with Crippen LogP contribution in [-0.4, -0.2) is 21.7 Å². The molecule has 5 nitrogen and oxygen atoms in total. The highest BCUT2D eigenvalue weighted by atomic mass is 16.3. The standard InChI is InChI=1S/C20H17N3O2/c24-19(17-9-5-2-6-10-17)20(25)23-22-18(15-7-3-1-4-8-15)16-11-13-21-14-12-16/h1-14,19,24H,(H,23,25)/b22-18+. The van der Waals surface area contributed by atoms with Gasteiger partial charge in [0, 0.05) is 23.5 Å². The van der Waals surface area contributed by atoms with Gasteiger partial charge >= 0.3 is 0 Å². The molecule has 0 radical (unpaired) electrons. The van der Waals surface area contributed by atoms with E-state index in [-0.39, 0.29) is 0 Å². The zero-order valence-electron chi connectivity index (χ0n) is 13.4. The molecule has 1 heterocycles. The summed E-state index contributed by atoms with van der Waals surface area (Å²) in [5.74, 6) is -0.589. The number of aliphatic hydroxyl groups excluding tert-OH is 1. The number of carbonyl (C=O) groups is 1. The van der Waals surface area contributed by atoms with Crippen molar-refractivity contribution in [1.29, 1.82) is 0 Å². The van der Waals surface area contributed by atoms with Crippen LogP contribution in [0.4, 0.5) is 0 Å². The Morgan fingerprint density at radius 1 is 0.880 bits per heavy atom. The van der Waals surface area contributed by atoms with Gasteiger partial charge in [0.2, 0.25) is 0 Å². The zero-order valence-corrected chi connectivity index (χ0v) is 13.4. The first-order valence-corrected chi connectivity index (χ1v) is 7.82. The van der Waals surface area contributed by atoms with Gasteiger partial charge in [-0.1, -0.05) is 60.7 Å². The third-order valence-electron chi connectivity index (χ3n) is 3.64. The number of benzene rings is 2. The smallest absolute Gasteiger partial charge is 0.273 e. The second kappa shape index (κ2) is 7.99. The van der Waals surface area contributed by atoms with Crippen LogP contribution in [-0.2, 0) is 4.79 Å². The van der Waals surface area contributed by atoms with Crippen molar-refractivity contribution in [2.45, 2.75) is 6.10 Å². The van der Waals surface area contributed by atoms with Gasteiger partial charge in [0.25, 0.3) is 5.91 Å². The summed E-state index contributed by atoms with van der Waals surface area (Å²) in [6.07, 6.45) is 2.04. The summed E-state index contributed by atoms with van der Waals surface area (Å²) < 4.78 is 0. The minimum absolute atomic E-state index is 0.514. The molecule has 0 saturated carbocycles. The number of aromatic nitrogens is 1.